The third-order valence-corrected chi connectivity index (χ3v) is 10.5. The molecule has 3 unspecified atom stereocenters. The highest BCUT2D eigenvalue weighted by Gasteiger charge is 2.40. The topological polar surface area (TPSA) is 13.1 Å². The van der Waals surface area contributed by atoms with Gasteiger partial charge in [0, 0.05) is 50.6 Å². The molecule has 45 heavy (non-hydrogen) atoms. The molecule has 3 nitrogen and oxygen atoms in total. The molecule has 5 aromatic carbocycles. The molecule has 0 fully saturated rings. The lowest BCUT2D eigenvalue weighted by Crippen LogP contribution is -2.42. The predicted molar refractivity (Wildman–Crippen MR) is 189 cm³/mol. The van der Waals surface area contributed by atoms with Gasteiger partial charge in [-0.3, -0.25) is 0 Å². The minimum Gasteiger partial charge on any atom is -0.361 e. The van der Waals surface area contributed by atoms with Crippen LogP contribution in [0.15, 0.2) is 146 Å². The number of allylic oxidation sites excluding steroid dienone is 3. The Morgan fingerprint density at radius 1 is 0.578 bits per heavy atom. The Bertz CT molecular complexity index is 2380. The fourth-order valence-corrected chi connectivity index (χ4v) is 8.63. The molecule has 3 aliphatic rings. The third kappa shape index (κ3) is 3.52. The van der Waals surface area contributed by atoms with Crippen LogP contribution in [0.2, 0.25) is 0 Å². The van der Waals surface area contributed by atoms with Crippen molar-refractivity contribution in [2.45, 2.75) is 37.3 Å². The Hall–Kier alpha value is -5.28. The fourth-order valence-electron chi connectivity index (χ4n) is 8.63. The molecule has 1 aliphatic heterocycles. The van der Waals surface area contributed by atoms with Gasteiger partial charge in [-0.2, -0.15) is 0 Å². The van der Waals surface area contributed by atoms with Crippen LogP contribution in [0.5, 0.6) is 0 Å². The molecule has 0 bridgehead atoms. The number of hydrogen-bond donors (Lipinski definition) is 0. The number of benzene rings is 5. The Labute approximate surface area is 262 Å². The van der Waals surface area contributed by atoms with Crippen molar-refractivity contribution in [3.8, 4) is 5.69 Å². The predicted octanol–water partition coefficient (Wildman–Crippen LogP) is 10.4. The molecule has 216 valence electrons. The summed E-state index contributed by atoms with van der Waals surface area (Å²) in [6.45, 7) is 0. The molecule has 3 atom stereocenters. The van der Waals surface area contributed by atoms with E-state index in [1.807, 2.05) is 0 Å². The van der Waals surface area contributed by atoms with Gasteiger partial charge >= 0.3 is 0 Å². The largest absolute Gasteiger partial charge is 0.361 e. The summed E-state index contributed by atoms with van der Waals surface area (Å²) >= 11 is 0. The molecule has 0 N–H and O–H groups in total. The second-order valence-electron chi connectivity index (χ2n) is 12.8. The van der Waals surface area contributed by atoms with Crippen molar-refractivity contribution in [2.75, 3.05) is 4.90 Å². The summed E-state index contributed by atoms with van der Waals surface area (Å²) in [5.41, 5.74) is 10.3. The normalized spacial score (nSPS) is 20.8. The number of anilines is 1. The minimum atomic E-state index is 0.326. The van der Waals surface area contributed by atoms with Crippen molar-refractivity contribution in [1.29, 1.82) is 0 Å². The molecular weight excluding hydrogens is 546 g/mol. The van der Waals surface area contributed by atoms with Crippen LogP contribution in [0.4, 0.5) is 5.69 Å². The number of rotatable bonds is 3. The van der Waals surface area contributed by atoms with E-state index in [0.717, 1.165) is 6.42 Å². The number of para-hydroxylation sites is 4. The number of aromatic nitrogens is 2. The zero-order valence-corrected chi connectivity index (χ0v) is 25.1. The first kappa shape index (κ1) is 25.1. The lowest BCUT2D eigenvalue weighted by atomic mass is 9.89. The van der Waals surface area contributed by atoms with Gasteiger partial charge in [-0.25, -0.2) is 0 Å². The van der Waals surface area contributed by atoms with Crippen LogP contribution in [0.25, 0.3) is 55.0 Å². The third-order valence-electron chi connectivity index (χ3n) is 10.5. The molecule has 0 amide bonds. The quantitative estimate of drug-likeness (QED) is 0.190. The molecule has 0 saturated heterocycles. The highest BCUT2D eigenvalue weighted by atomic mass is 15.2. The van der Waals surface area contributed by atoms with Crippen molar-refractivity contribution < 1.29 is 0 Å². The van der Waals surface area contributed by atoms with Gasteiger partial charge in [-0.15, -0.1) is 0 Å². The molecule has 0 spiro atoms. The average Bonchev–Trinajstić information content (AvgIpc) is 3.74. The van der Waals surface area contributed by atoms with Gasteiger partial charge in [-0.1, -0.05) is 97.1 Å². The van der Waals surface area contributed by atoms with E-state index in [1.54, 1.807) is 0 Å². The maximum absolute atomic E-state index is 2.72. The van der Waals surface area contributed by atoms with Gasteiger partial charge in [-0.05, 0) is 73.4 Å². The summed E-state index contributed by atoms with van der Waals surface area (Å²) in [4.78, 5) is 2.72. The van der Waals surface area contributed by atoms with E-state index in [0.29, 0.717) is 18.0 Å². The molecule has 7 aromatic rings. The fraction of sp³-hybridized carbons (Fsp3) is 0.143. The van der Waals surface area contributed by atoms with Gasteiger partial charge in [0.2, 0.25) is 0 Å². The molecule has 2 aliphatic carbocycles. The van der Waals surface area contributed by atoms with Crippen molar-refractivity contribution in [2.24, 2.45) is 0 Å². The molecule has 0 radical (unpaired) electrons. The van der Waals surface area contributed by atoms with Crippen molar-refractivity contribution >= 4 is 55.0 Å². The minimum absolute atomic E-state index is 0.326. The number of hydrogen-bond acceptors (Lipinski definition) is 1. The van der Waals surface area contributed by atoms with Crippen molar-refractivity contribution in [3.05, 3.63) is 151 Å². The monoisotopic (exact) mass is 579 g/mol. The Kier molecular flexibility index (Phi) is 5.36. The lowest BCUT2D eigenvalue weighted by Gasteiger charge is -2.37. The van der Waals surface area contributed by atoms with Crippen molar-refractivity contribution in [3.63, 3.8) is 0 Å². The van der Waals surface area contributed by atoms with Gasteiger partial charge < -0.3 is 14.0 Å². The lowest BCUT2D eigenvalue weighted by molar-refractivity contribution is 0.512. The van der Waals surface area contributed by atoms with E-state index in [4.69, 9.17) is 0 Å². The summed E-state index contributed by atoms with van der Waals surface area (Å²) in [7, 11) is 0. The first-order valence-corrected chi connectivity index (χ1v) is 16.3. The number of fused-ring (bicyclic) bond motifs is 10. The Morgan fingerprint density at radius 2 is 1.24 bits per heavy atom. The van der Waals surface area contributed by atoms with E-state index in [9.17, 15) is 0 Å². The van der Waals surface area contributed by atoms with Gasteiger partial charge in [0.1, 0.15) is 0 Å². The van der Waals surface area contributed by atoms with E-state index in [1.165, 1.54) is 79.1 Å². The molecule has 10 rings (SSSR count). The van der Waals surface area contributed by atoms with Crippen LogP contribution in [0, 0.1) is 0 Å². The van der Waals surface area contributed by atoms with Crippen LogP contribution in [0.1, 0.15) is 30.7 Å². The van der Waals surface area contributed by atoms with E-state index in [2.05, 4.69) is 160 Å². The second kappa shape index (κ2) is 9.61. The van der Waals surface area contributed by atoms with Crippen molar-refractivity contribution in [1.82, 2.24) is 9.13 Å². The summed E-state index contributed by atoms with van der Waals surface area (Å²) in [5.74, 6) is 0.326. The molecule has 0 saturated carbocycles. The molecular formula is C42H33N3. The highest BCUT2D eigenvalue weighted by Crippen LogP contribution is 2.49. The summed E-state index contributed by atoms with van der Waals surface area (Å²) in [6.07, 6.45) is 15.7. The zero-order chi connectivity index (χ0) is 29.5. The Balaban J connectivity index is 1.22. The first-order chi connectivity index (χ1) is 22.4. The smallest absolute Gasteiger partial charge is 0.0585 e. The van der Waals surface area contributed by atoms with E-state index >= 15 is 0 Å². The summed E-state index contributed by atoms with van der Waals surface area (Å²) < 4.78 is 4.94. The maximum Gasteiger partial charge on any atom is 0.0585 e. The standard InChI is InChI=1S/C42H33N3/c1-3-13-28(14-4-1)43-35-20-10-7-17-31(35)34-27-30(23-24-38(34)43)45-37-22-12-9-19-33(37)42-40(45)26-25-39-41(42)32-18-8-11-21-36(32)44(39)29-15-5-2-6-16-29/h1-3,5-12,15-28,34,38H,4,13-14H2. The number of nitrogens with zero attached hydrogens (tertiary/aromatic N) is 3. The van der Waals surface area contributed by atoms with Crippen LogP contribution in [-0.4, -0.2) is 21.2 Å². The van der Waals surface area contributed by atoms with Gasteiger partial charge in [0.05, 0.1) is 28.1 Å². The SMILES string of the molecule is C1=CCC(N2c3ccccc3C3C=C(n4c5ccccc5c5c6c7ccccc7n(-c7ccccc7)c6ccc54)C=CC32)CC1. The van der Waals surface area contributed by atoms with Crippen LogP contribution < -0.4 is 4.90 Å². The molecule has 3 heteroatoms. The first-order valence-electron chi connectivity index (χ1n) is 16.3. The molecule has 3 heterocycles. The van der Waals surface area contributed by atoms with Crippen LogP contribution in [0.3, 0.4) is 0 Å². The second-order valence-corrected chi connectivity index (χ2v) is 12.8. The molecule has 2 aromatic heterocycles. The van der Waals surface area contributed by atoms with Gasteiger partial charge in [0.25, 0.3) is 0 Å². The van der Waals surface area contributed by atoms with E-state index in [-0.39, 0.29) is 0 Å². The van der Waals surface area contributed by atoms with Crippen LogP contribution >= 0.6 is 0 Å². The summed E-state index contributed by atoms with van der Waals surface area (Å²) in [6, 6.07) is 43.3. The Morgan fingerprint density at radius 3 is 2.00 bits per heavy atom. The highest BCUT2D eigenvalue weighted by molar-refractivity contribution is 6.29. The van der Waals surface area contributed by atoms with Crippen LogP contribution in [-0.2, 0) is 0 Å². The zero-order valence-electron chi connectivity index (χ0n) is 25.1. The summed E-state index contributed by atoms with van der Waals surface area (Å²) in [5, 5.41) is 5.24. The maximum atomic E-state index is 2.72. The van der Waals surface area contributed by atoms with E-state index < -0.39 is 0 Å². The van der Waals surface area contributed by atoms with Gasteiger partial charge in [0.15, 0.2) is 0 Å². The average molecular weight is 580 g/mol.